The normalized spacial score (nSPS) is 23.8. The predicted octanol–water partition coefficient (Wildman–Crippen LogP) is 2.84. The van der Waals surface area contributed by atoms with E-state index >= 15 is 0 Å². The van der Waals surface area contributed by atoms with Crippen LogP contribution in [0.3, 0.4) is 0 Å². The number of halogens is 1. The van der Waals surface area contributed by atoms with Gasteiger partial charge in [0.25, 0.3) is 0 Å². The number of carbonyl (C=O) groups excluding carboxylic acids is 2. The lowest BCUT2D eigenvalue weighted by atomic mass is 9.76. The molecule has 2 aliphatic rings. The molecular formula is C21H26BrN5O3. The summed E-state index contributed by atoms with van der Waals surface area (Å²) in [6.07, 6.45) is 10.0. The van der Waals surface area contributed by atoms with Gasteiger partial charge in [-0.3, -0.25) is 9.59 Å². The second-order valence-electron chi connectivity index (χ2n) is 8.78. The van der Waals surface area contributed by atoms with E-state index in [9.17, 15) is 9.59 Å². The maximum Gasteiger partial charge on any atom is 0.235 e. The van der Waals surface area contributed by atoms with Gasteiger partial charge in [0.05, 0.1) is 17.2 Å². The molecule has 1 aliphatic carbocycles. The van der Waals surface area contributed by atoms with Gasteiger partial charge in [-0.15, -0.1) is 0 Å². The third-order valence-electron chi connectivity index (χ3n) is 6.51. The van der Waals surface area contributed by atoms with Crippen molar-refractivity contribution in [2.75, 3.05) is 13.1 Å². The van der Waals surface area contributed by atoms with Crippen LogP contribution >= 0.6 is 15.9 Å². The molecule has 1 saturated heterocycles. The summed E-state index contributed by atoms with van der Waals surface area (Å²) < 4.78 is 5.98. The van der Waals surface area contributed by atoms with Gasteiger partial charge >= 0.3 is 0 Å². The van der Waals surface area contributed by atoms with Crippen molar-refractivity contribution in [3.63, 3.8) is 0 Å². The van der Waals surface area contributed by atoms with Crippen LogP contribution in [0.1, 0.15) is 51.2 Å². The van der Waals surface area contributed by atoms with Crippen molar-refractivity contribution in [3.05, 3.63) is 41.0 Å². The summed E-state index contributed by atoms with van der Waals surface area (Å²) in [5, 5.41) is 2.96. The summed E-state index contributed by atoms with van der Waals surface area (Å²) >= 11 is 3.33. The van der Waals surface area contributed by atoms with E-state index in [1.165, 1.54) is 6.26 Å². The van der Waals surface area contributed by atoms with Crippen LogP contribution in [-0.2, 0) is 21.5 Å². The molecule has 1 aliphatic heterocycles. The second kappa shape index (κ2) is 8.09. The summed E-state index contributed by atoms with van der Waals surface area (Å²) in [7, 11) is 0. The highest BCUT2D eigenvalue weighted by atomic mass is 79.9. The van der Waals surface area contributed by atoms with Crippen LogP contribution in [0.25, 0.3) is 0 Å². The van der Waals surface area contributed by atoms with Gasteiger partial charge in [-0.2, -0.15) is 0 Å². The van der Waals surface area contributed by atoms with Gasteiger partial charge < -0.3 is 14.6 Å². The predicted molar refractivity (Wildman–Crippen MR) is 112 cm³/mol. The lowest BCUT2D eigenvalue weighted by molar-refractivity contribution is -0.137. The summed E-state index contributed by atoms with van der Waals surface area (Å²) in [5.41, 5.74) is -0.986. The Labute approximate surface area is 184 Å². The van der Waals surface area contributed by atoms with Crippen molar-refractivity contribution in [3.8, 4) is 0 Å². The fourth-order valence-electron chi connectivity index (χ4n) is 4.86. The summed E-state index contributed by atoms with van der Waals surface area (Å²) in [4.78, 5) is 40.9. The van der Waals surface area contributed by atoms with Gasteiger partial charge in [0.1, 0.15) is 17.5 Å². The molecule has 4 rings (SSSR count). The van der Waals surface area contributed by atoms with Crippen molar-refractivity contribution < 1.29 is 14.0 Å². The summed E-state index contributed by atoms with van der Waals surface area (Å²) in [5.74, 6) is 0.929. The maximum absolute atomic E-state index is 13.4. The van der Waals surface area contributed by atoms with E-state index in [1.807, 2.05) is 18.7 Å². The first-order chi connectivity index (χ1) is 14.3. The number of nitrogens with one attached hydrogen (secondary N) is 1. The number of aromatic nitrogens is 3. The molecule has 1 spiro atoms. The quantitative estimate of drug-likeness (QED) is 0.713. The first kappa shape index (κ1) is 21.0. The van der Waals surface area contributed by atoms with E-state index in [0.717, 1.165) is 30.2 Å². The molecule has 8 nitrogen and oxygen atoms in total. The minimum absolute atomic E-state index is 0.00698. The molecule has 2 aromatic rings. The Morgan fingerprint density at radius 1 is 1.30 bits per heavy atom. The maximum atomic E-state index is 13.4. The van der Waals surface area contributed by atoms with Crippen molar-refractivity contribution in [1.29, 1.82) is 0 Å². The average molecular weight is 476 g/mol. The van der Waals surface area contributed by atoms with Crippen molar-refractivity contribution in [2.24, 2.45) is 11.3 Å². The van der Waals surface area contributed by atoms with Gasteiger partial charge in [-0.25, -0.2) is 15.0 Å². The van der Waals surface area contributed by atoms with Crippen LogP contribution in [-0.4, -0.2) is 44.8 Å². The zero-order chi connectivity index (χ0) is 21.4. The Hall–Kier alpha value is -2.29. The monoisotopic (exact) mass is 475 g/mol. The number of carbonyl (C=O) groups is 2. The molecule has 2 fully saturated rings. The molecule has 2 amide bonds. The summed E-state index contributed by atoms with van der Waals surface area (Å²) in [6.45, 7) is 5.26. The van der Waals surface area contributed by atoms with Gasteiger partial charge in [0.2, 0.25) is 17.7 Å². The van der Waals surface area contributed by atoms with E-state index in [1.54, 1.807) is 18.6 Å². The third-order valence-corrected chi connectivity index (χ3v) is 6.92. The number of amides is 2. The van der Waals surface area contributed by atoms with Gasteiger partial charge in [0.15, 0.2) is 0 Å². The molecular weight excluding hydrogens is 450 g/mol. The number of rotatable bonds is 5. The number of hydrogen-bond donors (Lipinski definition) is 1. The Kier molecular flexibility index (Phi) is 5.65. The Bertz CT molecular complexity index is 915. The Morgan fingerprint density at radius 3 is 2.77 bits per heavy atom. The zero-order valence-electron chi connectivity index (χ0n) is 17.2. The molecule has 2 unspecified atom stereocenters. The minimum Gasteiger partial charge on any atom is -0.447 e. The lowest BCUT2D eigenvalue weighted by Gasteiger charge is -2.32. The van der Waals surface area contributed by atoms with Crippen LogP contribution in [0.4, 0.5) is 0 Å². The van der Waals surface area contributed by atoms with E-state index < -0.39 is 5.41 Å². The standard InChI is InChI=1S/C21H26BrN5O3/c1-20(2,18-25-10-14(22)11-26-18)19(29)27-8-6-21(13-27)5-3-4-15(21)17(28)24-12-16-23-7-9-30-16/h7,9-11,15H,3-6,8,12-13H2,1-2H3,(H,24,28). The van der Waals surface area contributed by atoms with E-state index in [-0.39, 0.29) is 29.7 Å². The molecule has 160 valence electrons. The highest BCUT2D eigenvalue weighted by molar-refractivity contribution is 9.10. The fraction of sp³-hybridized carbons (Fsp3) is 0.571. The Morgan fingerprint density at radius 2 is 2.07 bits per heavy atom. The number of nitrogens with zero attached hydrogens (tertiary/aromatic N) is 4. The molecule has 2 aromatic heterocycles. The molecule has 0 aromatic carbocycles. The summed E-state index contributed by atoms with van der Waals surface area (Å²) in [6, 6.07) is 0. The van der Waals surface area contributed by atoms with Crippen molar-refractivity contribution in [2.45, 2.75) is 51.5 Å². The zero-order valence-corrected chi connectivity index (χ0v) is 18.8. The number of oxazole rings is 1. The number of likely N-dealkylation sites (tertiary alicyclic amines) is 1. The van der Waals surface area contributed by atoms with Crippen LogP contribution in [0.2, 0.25) is 0 Å². The Balaban J connectivity index is 1.44. The van der Waals surface area contributed by atoms with Gasteiger partial charge in [-0.1, -0.05) is 6.42 Å². The molecule has 9 heteroatoms. The SMILES string of the molecule is CC(C)(C(=O)N1CCC2(CCCC2C(=O)NCc2ncco2)C1)c1ncc(Br)cn1. The van der Waals surface area contributed by atoms with Gasteiger partial charge in [0, 0.05) is 36.8 Å². The molecule has 3 heterocycles. The molecule has 30 heavy (non-hydrogen) atoms. The van der Waals surface area contributed by atoms with Crippen molar-refractivity contribution >= 4 is 27.7 Å². The fourth-order valence-corrected chi connectivity index (χ4v) is 5.06. The molecule has 2 atom stereocenters. The van der Waals surface area contributed by atoms with Crippen LogP contribution in [0.5, 0.6) is 0 Å². The van der Waals surface area contributed by atoms with Crippen LogP contribution in [0, 0.1) is 11.3 Å². The van der Waals surface area contributed by atoms with E-state index in [2.05, 4.69) is 36.2 Å². The van der Waals surface area contributed by atoms with E-state index in [4.69, 9.17) is 4.42 Å². The second-order valence-corrected chi connectivity index (χ2v) is 9.69. The van der Waals surface area contributed by atoms with Crippen LogP contribution in [0.15, 0.2) is 33.7 Å². The van der Waals surface area contributed by atoms with Crippen molar-refractivity contribution in [1.82, 2.24) is 25.2 Å². The first-order valence-corrected chi connectivity index (χ1v) is 11.0. The van der Waals surface area contributed by atoms with E-state index in [0.29, 0.717) is 24.8 Å². The largest absolute Gasteiger partial charge is 0.447 e. The highest BCUT2D eigenvalue weighted by Crippen LogP contribution is 2.50. The molecule has 1 N–H and O–H groups in total. The van der Waals surface area contributed by atoms with Gasteiger partial charge in [-0.05, 0) is 49.0 Å². The highest BCUT2D eigenvalue weighted by Gasteiger charge is 2.52. The molecule has 1 saturated carbocycles. The number of hydrogen-bond acceptors (Lipinski definition) is 6. The molecule has 0 bridgehead atoms. The topological polar surface area (TPSA) is 101 Å². The molecule has 0 radical (unpaired) electrons. The minimum atomic E-state index is -0.826. The van der Waals surface area contributed by atoms with Crippen LogP contribution < -0.4 is 5.32 Å². The average Bonchev–Trinajstić information content (AvgIpc) is 3.48. The lowest BCUT2D eigenvalue weighted by Crippen LogP contribution is -2.46. The first-order valence-electron chi connectivity index (χ1n) is 10.3. The third kappa shape index (κ3) is 3.87. The smallest absolute Gasteiger partial charge is 0.235 e.